The minimum Gasteiger partial charge on any atom is -0.429 e. The van der Waals surface area contributed by atoms with Crippen LogP contribution in [0, 0.1) is 6.92 Å². The zero-order chi connectivity index (χ0) is 13.2. The van der Waals surface area contributed by atoms with Gasteiger partial charge in [-0.05, 0) is 30.4 Å². The molecular formula is C13H14N2O3S. The first kappa shape index (κ1) is 12.4. The van der Waals surface area contributed by atoms with Gasteiger partial charge in [0.2, 0.25) is 5.91 Å². The van der Waals surface area contributed by atoms with Crippen LogP contribution in [-0.2, 0) is 16.0 Å². The molecule has 3 heterocycles. The molecule has 0 bridgehead atoms. The largest absolute Gasteiger partial charge is 0.429 e. The Labute approximate surface area is 114 Å². The summed E-state index contributed by atoms with van der Waals surface area (Å²) in [6, 6.07) is 2.34. The molecule has 0 saturated heterocycles. The molecular weight excluding hydrogens is 264 g/mol. The van der Waals surface area contributed by atoms with E-state index in [1.807, 2.05) is 5.38 Å². The molecule has 0 radical (unpaired) electrons. The molecule has 0 saturated carbocycles. The molecule has 1 atom stereocenters. The molecule has 0 aromatic carbocycles. The van der Waals surface area contributed by atoms with Crippen LogP contribution in [-0.4, -0.2) is 17.5 Å². The van der Waals surface area contributed by atoms with Crippen LogP contribution in [0.3, 0.4) is 0 Å². The van der Waals surface area contributed by atoms with Crippen molar-refractivity contribution in [3.63, 3.8) is 0 Å². The molecule has 0 fully saturated rings. The van der Waals surface area contributed by atoms with Crippen LogP contribution in [0.25, 0.3) is 0 Å². The van der Waals surface area contributed by atoms with Crippen molar-refractivity contribution in [1.29, 1.82) is 0 Å². The molecule has 3 rings (SSSR count). The number of amides is 1. The second-order valence-corrected chi connectivity index (χ2v) is 5.40. The maximum Gasteiger partial charge on any atom is 0.301 e. The number of ether oxygens (including phenoxy) is 1. The number of anilines is 1. The lowest BCUT2D eigenvalue weighted by molar-refractivity contribution is -0.119. The maximum absolute atomic E-state index is 11.9. The van der Waals surface area contributed by atoms with Crippen molar-refractivity contribution >= 4 is 23.3 Å². The molecule has 5 nitrogen and oxygen atoms in total. The Hall–Kier alpha value is -1.66. The summed E-state index contributed by atoms with van der Waals surface area (Å²) in [5, 5.41) is 4.68. The second-order valence-electron chi connectivity index (χ2n) is 4.45. The van der Waals surface area contributed by atoms with Crippen molar-refractivity contribution in [2.45, 2.75) is 25.9 Å². The van der Waals surface area contributed by atoms with E-state index in [1.165, 1.54) is 5.56 Å². The minimum absolute atomic E-state index is 0.145. The van der Waals surface area contributed by atoms with Gasteiger partial charge in [0.25, 0.3) is 0 Å². The number of carbonyl (C=O) groups is 1. The highest BCUT2D eigenvalue weighted by Crippen LogP contribution is 2.33. The first-order chi connectivity index (χ1) is 9.22. The van der Waals surface area contributed by atoms with E-state index in [0.717, 1.165) is 11.3 Å². The number of thiophene rings is 1. The fourth-order valence-electron chi connectivity index (χ4n) is 2.13. The summed E-state index contributed by atoms with van der Waals surface area (Å²) in [6.45, 7) is 2.45. The third-order valence-electron chi connectivity index (χ3n) is 3.00. The van der Waals surface area contributed by atoms with Gasteiger partial charge in [-0.3, -0.25) is 10.1 Å². The number of rotatable bonds is 3. The van der Waals surface area contributed by atoms with Gasteiger partial charge in [-0.1, -0.05) is 0 Å². The Morgan fingerprint density at radius 3 is 3.32 bits per heavy atom. The first-order valence-electron chi connectivity index (χ1n) is 6.12. The Morgan fingerprint density at radius 2 is 2.53 bits per heavy atom. The Kier molecular flexibility index (Phi) is 3.35. The second kappa shape index (κ2) is 5.14. The highest BCUT2D eigenvalue weighted by molar-refractivity contribution is 7.10. The predicted molar refractivity (Wildman–Crippen MR) is 71.2 cm³/mol. The topological polar surface area (TPSA) is 64.4 Å². The summed E-state index contributed by atoms with van der Waals surface area (Å²) in [4.78, 5) is 17.0. The van der Waals surface area contributed by atoms with Crippen molar-refractivity contribution in [2.24, 2.45) is 0 Å². The van der Waals surface area contributed by atoms with Crippen molar-refractivity contribution in [3.8, 4) is 0 Å². The summed E-state index contributed by atoms with van der Waals surface area (Å²) in [5.74, 6) is 0.526. The van der Waals surface area contributed by atoms with Gasteiger partial charge < -0.3 is 9.15 Å². The molecule has 1 N–H and O–H groups in total. The maximum atomic E-state index is 11.9. The SMILES string of the molecule is Cc1cnc(NC(=O)CC2OCCc3ccsc32)o1. The number of aryl methyl sites for hydroxylation is 1. The quantitative estimate of drug-likeness (QED) is 0.937. The van der Waals surface area contributed by atoms with Crippen LogP contribution in [0.4, 0.5) is 6.01 Å². The fraction of sp³-hybridized carbons (Fsp3) is 0.385. The molecule has 6 heteroatoms. The summed E-state index contributed by atoms with van der Waals surface area (Å²) >= 11 is 1.64. The van der Waals surface area contributed by atoms with Gasteiger partial charge >= 0.3 is 6.01 Å². The number of hydrogen-bond acceptors (Lipinski definition) is 5. The average Bonchev–Trinajstić information content (AvgIpc) is 2.98. The van der Waals surface area contributed by atoms with Gasteiger partial charge in [0.05, 0.1) is 19.2 Å². The smallest absolute Gasteiger partial charge is 0.301 e. The third kappa shape index (κ3) is 2.69. The molecule has 0 spiro atoms. The van der Waals surface area contributed by atoms with E-state index in [4.69, 9.17) is 9.15 Å². The van der Waals surface area contributed by atoms with Crippen molar-refractivity contribution in [2.75, 3.05) is 11.9 Å². The van der Waals surface area contributed by atoms with Gasteiger partial charge in [0.15, 0.2) is 0 Å². The predicted octanol–water partition coefficient (Wildman–Crippen LogP) is 2.69. The highest BCUT2D eigenvalue weighted by atomic mass is 32.1. The molecule has 2 aromatic rings. The van der Waals surface area contributed by atoms with E-state index in [-0.39, 0.29) is 24.4 Å². The van der Waals surface area contributed by atoms with Crippen molar-refractivity contribution in [3.05, 3.63) is 33.8 Å². The van der Waals surface area contributed by atoms with Crippen LogP contribution in [0.2, 0.25) is 0 Å². The third-order valence-corrected chi connectivity index (χ3v) is 4.05. The van der Waals surface area contributed by atoms with Crippen molar-refractivity contribution in [1.82, 2.24) is 4.98 Å². The number of nitrogens with zero attached hydrogens (tertiary/aromatic N) is 1. The summed E-state index contributed by atoms with van der Waals surface area (Å²) < 4.78 is 10.9. The van der Waals surface area contributed by atoms with Crippen LogP contribution in [0.15, 0.2) is 22.1 Å². The molecule has 1 amide bonds. The van der Waals surface area contributed by atoms with Crippen LogP contribution in [0.1, 0.15) is 28.7 Å². The number of oxazole rings is 1. The fourth-order valence-corrected chi connectivity index (χ4v) is 3.13. The molecule has 2 aromatic heterocycles. The number of aromatic nitrogens is 1. The molecule has 100 valence electrons. The van der Waals surface area contributed by atoms with Crippen molar-refractivity contribution < 1.29 is 13.9 Å². The summed E-state index contributed by atoms with van der Waals surface area (Å²) in [5.41, 5.74) is 1.29. The first-order valence-corrected chi connectivity index (χ1v) is 7.00. The van der Waals surface area contributed by atoms with E-state index >= 15 is 0 Å². The van der Waals surface area contributed by atoms with E-state index in [9.17, 15) is 4.79 Å². The van der Waals surface area contributed by atoms with Gasteiger partial charge in [-0.25, -0.2) is 4.98 Å². The standard InChI is InChI=1S/C13H14N2O3S/c1-8-7-14-13(18-8)15-11(16)6-10-12-9(2-4-17-10)3-5-19-12/h3,5,7,10H,2,4,6H2,1H3,(H,14,15,16). The summed E-state index contributed by atoms with van der Waals surface area (Å²) in [7, 11) is 0. The van der Waals surface area contributed by atoms with E-state index in [2.05, 4.69) is 16.4 Å². The Morgan fingerprint density at radius 1 is 1.63 bits per heavy atom. The van der Waals surface area contributed by atoms with Crippen LogP contribution in [0.5, 0.6) is 0 Å². The monoisotopic (exact) mass is 278 g/mol. The normalized spacial score (nSPS) is 18.1. The minimum atomic E-state index is -0.153. The molecule has 19 heavy (non-hydrogen) atoms. The Balaban J connectivity index is 1.65. The molecule has 0 aliphatic carbocycles. The molecule has 1 unspecified atom stereocenters. The zero-order valence-corrected chi connectivity index (χ0v) is 11.3. The molecule has 1 aliphatic heterocycles. The lowest BCUT2D eigenvalue weighted by Gasteiger charge is -2.22. The summed E-state index contributed by atoms with van der Waals surface area (Å²) in [6.07, 6.45) is 2.63. The van der Waals surface area contributed by atoms with Crippen LogP contribution < -0.4 is 5.32 Å². The van der Waals surface area contributed by atoms with Gasteiger partial charge in [0.1, 0.15) is 11.9 Å². The molecule has 1 aliphatic rings. The highest BCUT2D eigenvalue weighted by Gasteiger charge is 2.25. The average molecular weight is 278 g/mol. The number of fused-ring (bicyclic) bond motifs is 1. The van der Waals surface area contributed by atoms with Crippen LogP contribution >= 0.6 is 11.3 Å². The van der Waals surface area contributed by atoms with Gasteiger partial charge in [-0.15, -0.1) is 11.3 Å². The van der Waals surface area contributed by atoms with Gasteiger partial charge in [-0.2, -0.15) is 0 Å². The van der Waals surface area contributed by atoms with Gasteiger partial charge in [0, 0.05) is 4.88 Å². The number of nitrogens with one attached hydrogen (secondary N) is 1. The van der Waals surface area contributed by atoms with E-state index in [1.54, 1.807) is 24.5 Å². The van der Waals surface area contributed by atoms with E-state index < -0.39 is 0 Å². The lowest BCUT2D eigenvalue weighted by Crippen LogP contribution is -2.21. The number of hydrogen-bond donors (Lipinski definition) is 1. The number of carbonyl (C=O) groups excluding carboxylic acids is 1. The lowest BCUT2D eigenvalue weighted by atomic mass is 10.1. The zero-order valence-electron chi connectivity index (χ0n) is 10.5. The van der Waals surface area contributed by atoms with E-state index in [0.29, 0.717) is 12.4 Å². The Bertz CT molecular complexity index is 590.